The SMILES string of the molecule is Cc1ccc(OC(=O)C(C)(C)C)c(C(=O)CBr)c1. The smallest absolute Gasteiger partial charge is 0.316 e. The number of rotatable bonds is 3. The zero-order valence-electron chi connectivity index (χ0n) is 11.0. The van der Waals surface area contributed by atoms with E-state index in [4.69, 9.17) is 4.74 Å². The first-order valence-corrected chi connectivity index (χ1v) is 6.80. The van der Waals surface area contributed by atoms with Crippen LogP contribution in [-0.2, 0) is 4.79 Å². The van der Waals surface area contributed by atoms with E-state index in [0.29, 0.717) is 11.3 Å². The lowest BCUT2D eigenvalue weighted by Crippen LogP contribution is -2.26. The summed E-state index contributed by atoms with van der Waals surface area (Å²) in [6, 6.07) is 5.21. The number of Topliss-reactive ketones (excluding diaryl/α,β-unsaturated/α-hetero) is 1. The zero-order valence-corrected chi connectivity index (χ0v) is 12.6. The standard InChI is InChI=1S/C14H17BrO3/c1-9-5-6-12(10(7-9)11(16)8-15)18-13(17)14(2,3)4/h5-7H,8H2,1-4H3. The molecule has 0 bridgehead atoms. The van der Waals surface area contributed by atoms with Gasteiger partial charge in [0.1, 0.15) is 5.75 Å². The molecule has 0 fully saturated rings. The van der Waals surface area contributed by atoms with E-state index < -0.39 is 5.41 Å². The summed E-state index contributed by atoms with van der Waals surface area (Å²) in [6.45, 7) is 7.21. The van der Waals surface area contributed by atoms with E-state index in [9.17, 15) is 9.59 Å². The number of hydrogen-bond donors (Lipinski definition) is 0. The number of carbonyl (C=O) groups is 2. The summed E-state index contributed by atoms with van der Waals surface area (Å²) < 4.78 is 5.31. The lowest BCUT2D eigenvalue weighted by Gasteiger charge is -2.17. The lowest BCUT2D eigenvalue weighted by molar-refractivity contribution is -0.143. The van der Waals surface area contributed by atoms with Crippen molar-refractivity contribution in [1.29, 1.82) is 0 Å². The molecule has 1 aromatic carbocycles. The van der Waals surface area contributed by atoms with Crippen molar-refractivity contribution in [2.75, 3.05) is 5.33 Å². The first kappa shape index (κ1) is 14.9. The summed E-state index contributed by atoms with van der Waals surface area (Å²) in [5.41, 5.74) is 0.791. The molecular formula is C14H17BrO3. The Morgan fingerprint density at radius 2 is 1.89 bits per heavy atom. The molecular weight excluding hydrogens is 296 g/mol. The average molecular weight is 313 g/mol. The second-order valence-corrected chi connectivity index (χ2v) is 5.76. The highest BCUT2D eigenvalue weighted by Crippen LogP contribution is 2.25. The van der Waals surface area contributed by atoms with Gasteiger partial charge in [0, 0.05) is 0 Å². The molecule has 4 heteroatoms. The Kier molecular flexibility index (Phi) is 4.68. The van der Waals surface area contributed by atoms with Crippen molar-refractivity contribution in [1.82, 2.24) is 0 Å². The molecule has 18 heavy (non-hydrogen) atoms. The third-order valence-corrected chi connectivity index (χ3v) is 2.88. The van der Waals surface area contributed by atoms with Crippen LogP contribution >= 0.6 is 15.9 Å². The Morgan fingerprint density at radius 1 is 1.28 bits per heavy atom. The van der Waals surface area contributed by atoms with Crippen molar-refractivity contribution in [2.45, 2.75) is 27.7 Å². The Bertz CT molecular complexity index is 472. The molecule has 1 aromatic rings. The van der Waals surface area contributed by atoms with Crippen molar-refractivity contribution in [2.24, 2.45) is 5.41 Å². The Morgan fingerprint density at radius 3 is 2.39 bits per heavy atom. The Hall–Kier alpha value is -1.16. The maximum Gasteiger partial charge on any atom is 0.316 e. The fourth-order valence-corrected chi connectivity index (χ4v) is 1.58. The minimum atomic E-state index is -0.598. The molecule has 0 atom stereocenters. The summed E-state index contributed by atoms with van der Waals surface area (Å²) in [5, 5.41) is 0.205. The number of ether oxygens (including phenoxy) is 1. The molecule has 0 radical (unpaired) electrons. The van der Waals surface area contributed by atoms with Crippen LogP contribution in [-0.4, -0.2) is 17.1 Å². The molecule has 1 rings (SSSR count). The van der Waals surface area contributed by atoms with Gasteiger partial charge in [-0.15, -0.1) is 0 Å². The van der Waals surface area contributed by atoms with Gasteiger partial charge < -0.3 is 4.74 Å². The molecule has 0 aliphatic heterocycles. The van der Waals surface area contributed by atoms with Crippen LogP contribution in [0, 0.1) is 12.3 Å². The van der Waals surface area contributed by atoms with E-state index in [1.807, 2.05) is 13.0 Å². The van der Waals surface area contributed by atoms with E-state index in [0.717, 1.165) is 5.56 Å². The first-order valence-electron chi connectivity index (χ1n) is 5.68. The summed E-state index contributed by atoms with van der Waals surface area (Å²) in [7, 11) is 0. The van der Waals surface area contributed by atoms with Crippen molar-refractivity contribution in [3.05, 3.63) is 29.3 Å². The van der Waals surface area contributed by atoms with Crippen LogP contribution < -0.4 is 4.74 Å². The van der Waals surface area contributed by atoms with Gasteiger partial charge in [0.25, 0.3) is 0 Å². The quantitative estimate of drug-likeness (QED) is 0.371. The van der Waals surface area contributed by atoms with Crippen molar-refractivity contribution < 1.29 is 14.3 Å². The predicted molar refractivity (Wildman–Crippen MR) is 74.4 cm³/mol. The van der Waals surface area contributed by atoms with Gasteiger partial charge in [0.05, 0.1) is 16.3 Å². The molecule has 0 N–H and O–H groups in total. The molecule has 0 heterocycles. The van der Waals surface area contributed by atoms with Crippen LogP contribution in [0.4, 0.5) is 0 Å². The highest BCUT2D eigenvalue weighted by molar-refractivity contribution is 9.09. The van der Waals surface area contributed by atoms with Gasteiger partial charge in [0.2, 0.25) is 0 Å². The molecule has 0 aliphatic carbocycles. The van der Waals surface area contributed by atoms with Gasteiger partial charge in [-0.3, -0.25) is 9.59 Å². The van der Waals surface area contributed by atoms with E-state index in [-0.39, 0.29) is 17.1 Å². The third-order valence-electron chi connectivity index (χ3n) is 2.37. The van der Waals surface area contributed by atoms with Gasteiger partial charge >= 0.3 is 5.97 Å². The van der Waals surface area contributed by atoms with E-state index in [2.05, 4.69) is 15.9 Å². The maximum atomic E-state index is 11.8. The maximum absolute atomic E-state index is 11.8. The van der Waals surface area contributed by atoms with Crippen LogP contribution in [0.25, 0.3) is 0 Å². The number of hydrogen-bond acceptors (Lipinski definition) is 3. The number of carbonyl (C=O) groups excluding carboxylic acids is 2. The molecule has 0 saturated carbocycles. The number of aryl methyl sites for hydroxylation is 1. The third kappa shape index (κ3) is 3.67. The van der Waals surface area contributed by atoms with Crippen molar-refractivity contribution in [3.63, 3.8) is 0 Å². The van der Waals surface area contributed by atoms with E-state index in [1.165, 1.54) is 0 Å². The topological polar surface area (TPSA) is 43.4 Å². The largest absolute Gasteiger partial charge is 0.425 e. The number of halogens is 1. The lowest BCUT2D eigenvalue weighted by atomic mass is 9.97. The van der Waals surface area contributed by atoms with Gasteiger partial charge in [-0.05, 0) is 39.8 Å². The average Bonchev–Trinajstić information content (AvgIpc) is 2.29. The predicted octanol–water partition coefficient (Wildman–Crippen LogP) is 3.52. The normalized spacial score (nSPS) is 11.2. The van der Waals surface area contributed by atoms with Crippen molar-refractivity contribution in [3.8, 4) is 5.75 Å². The second kappa shape index (κ2) is 5.65. The molecule has 0 unspecified atom stereocenters. The molecule has 0 aromatic heterocycles. The minimum Gasteiger partial charge on any atom is -0.425 e. The fraction of sp³-hybridized carbons (Fsp3) is 0.429. The number of benzene rings is 1. The van der Waals surface area contributed by atoms with Gasteiger partial charge in [0.15, 0.2) is 5.78 Å². The number of alkyl halides is 1. The minimum absolute atomic E-state index is 0.101. The van der Waals surface area contributed by atoms with Crippen LogP contribution in [0.15, 0.2) is 18.2 Å². The monoisotopic (exact) mass is 312 g/mol. The molecule has 3 nitrogen and oxygen atoms in total. The summed E-state index contributed by atoms with van der Waals surface area (Å²) in [5.74, 6) is -0.129. The summed E-state index contributed by atoms with van der Waals surface area (Å²) in [4.78, 5) is 23.6. The highest BCUT2D eigenvalue weighted by atomic mass is 79.9. The highest BCUT2D eigenvalue weighted by Gasteiger charge is 2.25. The van der Waals surface area contributed by atoms with E-state index in [1.54, 1.807) is 32.9 Å². The van der Waals surface area contributed by atoms with Gasteiger partial charge in [-0.1, -0.05) is 27.6 Å². The Balaban J connectivity index is 3.09. The second-order valence-electron chi connectivity index (χ2n) is 5.20. The molecule has 98 valence electrons. The fourth-order valence-electron chi connectivity index (χ4n) is 1.28. The van der Waals surface area contributed by atoms with Crippen LogP contribution in [0.1, 0.15) is 36.7 Å². The molecule has 0 amide bonds. The molecule has 0 saturated heterocycles. The number of esters is 1. The van der Waals surface area contributed by atoms with Crippen molar-refractivity contribution >= 4 is 27.7 Å². The zero-order chi connectivity index (χ0) is 13.9. The summed E-state index contributed by atoms with van der Waals surface area (Å²) in [6.07, 6.45) is 0. The molecule has 0 aliphatic rings. The van der Waals surface area contributed by atoms with Gasteiger partial charge in [-0.25, -0.2) is 0 Å². The van der Waals surface area contributed by atoms with Crippen LogP contribution in [0.2, 0.25) is 0 Å². The Labute approximate surface area is 116 Å². The first-order chi connectivity index (χ1) is 8.25. The molecule has 0 spiro atoms. The number of ketones is 1. The van der Waals surface area contributed by atoms with Gasteiger partial charge in [-0.2, -0.15) is 0 Å². The van der Waals surface area contributed by atoms with E-state index >= 15 is 0 Å². The van der Waals surface area contributed by atoms with Crippen LogP contribution in [0.5, 0.6) is 5.75 Å². The summed E-state index contributed by atoms with van der Waals surface area (Å²) >= 11 is 3.13. The van der Waals surface area contributed by atoms with Crippen LogP contribution in [0.3, 0.4) is 0 Å².